The number of para-hydroxylation sites is 1. The second-order valence-corrected chi connectivity index (χ2v) is 5.72. The molecule has 0 fully saturated rings. The number of rotatable bonds is 5. The summed E-state index contributed by atoms with van der Waals surface area (Å²) in [4.78, 5) is 23.5. The molecule has 3 N–H and O–H groups in total. The zero-order valence-corrected chi connectivity index (χ0v) is 13.1. The van der Waals surface area contributed by atoms with Crippen molar-refractivity contribution < 1.29 is 14.7 Å². The normalized spacial score (nSPS) is 10.8. The standard InChI is InChI=1S/C19H18N2O3/c20-15-10-8-13(9-11-15)19(24)21-12-14(4-3-7-18(22)23)16-5-1-2-6-17(16)21/h1-2,5-6,8-12H,3-4,7,20H2,(H,22,23). The van der Waals surface area contributed by atoms with Crippen LogP contribution in [0.5, 0.6) is 0 Å². The molecule has 0 saturated carbocycles. The fourth-order valence-electron chi connectivity index (χ4n) is 2.81. The topological polar surface area (TPSA) is 85.3 Å². The van der Waals surface area contributed by atoms with Crippen LogP contribution >= 0.6 is 0 Å². The number of anilines is 1. The van der Waals surface area contributed by atoms with Crippen LogP contribution in [0.1, 0.15) is 28.8 Å². The number of carbonyl (C=O) groups excluding carboxylic acids is 1. The fourth-order valence-corrected chi connectivity index (χ4v) is 2.81. The molecule has 1 heterocycles. The highest BCUT2D eigenvalue weighted by molar-refractivity contribution is 6.03. The number of nitrogens with zero attached hydrogens (tertiary/aromatic N) is 1. The van der Waals surface area contributed by atoms with Gasteiger partial charge in [0.15, 0.2) is 0 Å². The molecule has 122 valence electrons. The van der Waals surface area contributed by atoms with Crippen molar-refractivity contribution >= 4 is 28.5 Å². The molecule has 0 atom stereocenters. The van der Waals surface area contributed by atoms with Crippen LogP contribution in [-0.4, -0.2) is 21.6 Å². The van der Waals surface area contributed by atoms with Crippen LogP contribution in [0.3, 0.4) is 0 Å². The zero-order chi connectivity index (χ0) is 17.1. The number of aryl methyl sites for hydroxylation is 1. The molecule has 0 spiro atoms. The quantitative estimate of drug-likeness (QED) is 0.706. The smallest absolute Gasteiger partial charge is 0.303 e. The van der Waals surface area contributed by atoms with E-state index >= 15 is 0 Å². The van der Waals surface area contributed by atoms with Gasteiger partial charge in [0.2, 0.25) is 0 Å². The molecule has 2 aromatic carbocycles. The number of benzene rings is 2. The van der Waals surface area contributed by atoms with Gasteiger partial charge in [-0.3, -0.25) is 14.2 Å². The number of nitrogens with two attached hydrogens (primary N) is 1. The molecule has 5 heteroatoms. The molecule has 0 aliphatic carbocycles. The highest BCUT2D eigenvalue weighted by Crippen LogP contribution is 2.24. The van der Waals surface area contributed by atoms with E-state index in [4.69, 9.17) is 10.8 Å². The van der Waals surface area contributed by atoms with Crippen LogP contribution in [0, 0.1) is 0 Å². The van der Waals surface area contributed by atoms with Gasteiger partial charge in [-0.1, -0.05) is 18.2 Å². The molecule has 0 amide bonds. The van der Waals surface area contributed by atoms with Gasteiger partial charge in [0.05, 0.1) is 5.52 Å². The first kappa shape index (κ1) is 15.8. The minimum absolute atomic E-state index is 0.116. The molecule has 5 nitrogen and oxygen atoms in total. The lowest BCUT2D eigenvalue weighted by Gasteiger charge is -2.04. The van der Waals surface area contributed by atoms with Gasteiger partial charge in [-0.25, -0.2) is 0 Å². The Kier molecular flexibility index (Phi) is 4.33. The summed E-state index contributed by atoms with van der Waals surface area (Å²) >= 11 is 0. The van der Waals surface area contributed by atoms with E-state index in [1.165, 1.54) is 0 Å². The van der Waals surface area contributed by atoms with Gasteiger partial charge in [0, 0.05) is 29.3 Å². The van der Waals surface area contributed by atoms with E-state index in [0.717, 1.165) is 16.5 Å². The van der Waals surface area contributed by atoms with E-state index in [1.807, 2.05) is 30.5 Å². The lowest BCUT2D eigenvalue weighted by Crippen LogP contribution is -2.10. The predicted molar refractivity (Wildman–Crippen MR) is 93.1 cm³/mol. The van der Waals surface area contributed by atoms with Crippen molar-refractivity contribution in [1.82, 2.24) is 4.57 Å². The van der Waals surface area contributed by atoms with Gasteiger partial charge < -0.3 is 10.8 Å². The third-order valence-corrected chi connectivity index (χ3v) is 4.01. The highest BCUT2D eigenvalue weighted by Gasteiger charge is 2.15. The van der Waals surface area contributed by atoms with E-state index in [0.29, 0.717) is 24.1 Å². The first-order valence-corrected chi connectivity index (χ1v) is 7.77. The second-order valence-electron chi connectivity index (χ2n) is 5.72. The number of hydrogen-bond acceptors (Lipinski definition) is 3. The number of aliphatic carboxylic acids is 1. The number of carboxylic acids is 1. The van der Waals surface area contributed by atoms with Crippen LogP contribution < -0.4 is 5.73 Å². The lowest BCUT2D eigenvalue weighted by molar-refractivity contribution is -0.137. The Morgan fingerprint density at radius 3 is 2.46 bits per heavy atom. The summed E-state index contributed by atoms with van der Waals surface area (Å²) in [6.45, 7) is 0. The summed E-state index contributed by atoms with van der Waals surface area (Å²) in [6.07, 6.45) is 3.09. The maximum Gasteiger partial charge on any atom is 0.303 e. The maximum absolute atomic E-state index is 12.8. The lowest BCUT2D eigenvalue weighted by atomic mass is 10.1. The van der Waals surface area contributed by atoms with E-state index in [1.54, 1.807) is 28.8 Å². The minimum atomic E-state index is -0.809. The van der Waals surface area contributed by atoms with Gasteiger partial charge in [-0.05, 0) is 48.7 Å². The molecule has 3 rings (SSSR count). The van der Waals surface area contributed by atoms with Crippen molar-refractivity contribution in [2.75, 3.05) is 5.73 Å². The Balaban J connectivity index is 1.97. The molecule has 0 aliphatic heterocycles. The molecule has 0 radical (unpaired) electrons. The molecule has 0 saturated heterocycles. The molecular weight excluding hydrogens is 304 g/mol. The van der Waals surface area contributed by atoms with Crippen molar-refractivity contribution in [2.24, 2.45) is 0 Å². The SMILES string of the molecule is Nc1ccc(C(=O)n2cc(CCCC(=O)O)c3ccccc32)cc1. The van der Waals surface area contributed by atoms with Crippen LogP contribution in [-0.2, 0) is 11.2 Å². The number of carbonyl (C=O) groups is 2. The fraction of sp³-hybridized carbons (Fsp3) is 0.158. The van der Waals surface area contributed by atoms with E-state index < -0.39 is 5.97 Å². The van der Waals surface area contributed by atoms with E-state index in [2.05, 4.69) is 0 Å². The minimum Gasteiger partial charge on any atom is -0.481 e. The van der Waals surface area contributed by atoms with Crippen LogP contribution in [0.25, 0.3) is 10.9 Å². The maximum atomic E-state index is 12.8. The van der Waals surface area contributed by atoms with Crippen molar-refractivity contribution in [3.63, 3.8) is 0 Å². The second kappa shape index (κ2) is 6.58. The van der Waals surface area contributed by atoms with Crippen molar-refractivity contribution in [2.45, 2.75) is 19.3 Å². The molecule has 1 aromatic heterocycles. The Morgan fingerprint density at radius 1 is 1.04 bits per heavy atom. The molecule has 3 aromatic rings. The van der Waals surface area contributed by atoms with E-state index in [9.17, 15) is 9.59 Å². The van der Waals surface area contributed by atoms with Crippen LogP contribution in [0.2, 0.25) is 0 Å². The Bertz CT molecular complexity index is 895. The number of hydrogen-bond donors (Lipinski definition) is 2. The van der Waals surface area contributed by atoms with Gasteiger partial charge in [0.1, 0.15) is 0 Å². The number of nitrogen functional groups attached to an aromatic ring is 1. The number of carboxylic acid groups (broad SMARTS) is 1. The van der Waals surface area contributed by atoms with E-state index in [-0.39, 0.29) is 12.3 Å². The predicted octanol–water partition coefficient (Wildman–Crippen LogP) is 3.32. The van der Waals surface area contributed by atoms with Crippen molar-refractivity contribution in [1.29, 1.82) is 0 Å². The molecule has 24 heavy (non-hydrogen) atoms. The first-order valence-electron chi connectivity index (χ1n) is 7.77. The summed E-state index contributed by atoms with van der Waals surface area (Å²) in [5.41, 5.74) is 8.65. The van der Waals surface area contributed by atoms with Crippen molar-refractivity contribution in [3.05, 3.63) is 65.9 Å². The summed E-state index contributed by atoms with van der Waals surface area (Å²) < 4.78 is 1.62. The summed E-state index contributed by atoms with van der Waals surface area (Å²) in [5.74, 6) is -0.938. The molecule has 0 unspecified atom stereocenters. The van der Waals surface area contributed by atoms with Gasteiger partial charge in [0.25, 0.3) is 5.91 Å². The third kappa shape index (κ3) is 3.15. The number of fused-ring (bicyclic) bond motifs is 1. The highest BCUT2D eigenvalue weighted by atomic mass is 16.4. The largest absolute Gasteiger partial charge is 0.481 e. The van der Waals surface area contributed by atoms with Crippen LogP contribution in [0.15, 0.2) is 54.7 Å². The molecule has 0 bridgehead atoms. The third-order valence-electron chi connectivity index (χ3n) is 4.01. The summed E-state index contributed by atoms with van der Waals surface area (Å²) in [5, 5.41) is 9.78. The van der Waals surface area contributed by atoms with Gasteiger partial charge in [-0.2, -0.15) is 0 Å². The van der Waals surface area contributed by atoms with Gasteiger partial charge >= 0.3 is 5.97 Å². The monoisotopic (exact) mass is 322 g/mol. The molecule has 0 aliphatic rings. The Labute approximate surface area is 139 Å². The number of aromatic nitrogens is 1. The molecular formula is C19H18N2O3. The Hall–Kier alpha value is -3.08. The van der Waals surface area contributed by atoms with Crippen molar-refractivity contribution in [3.8, 4) is 0 Å². The summed E-state index contributed by atoms with van der Waals surface area (Å²) in [7, 11) is 0. The zero-order valence-electron chi connectivity index (χ0n) is 13.1. The van der Waals surface area contributed by atoms with Gasteiger partial charge in [-0.15, -0.1) is 0 Å². The van der Waals surface area contributed by atoms with Crippen LogP contribution in [0.4, 0.5) is 5.69 Å². The Morgan fingerprint density at radius 2 is 1.75 bits per heavy atom. The first-order chi connectivity index (χ1) is 11.6. The summed E-state index contributed by atoms with van der Waals surface area (Å²) in [6, 6.07) is 14.5. The average Bonchev–Trinajstić information content (AvgIpc) is 2.94. The average molecular weight is 322 g/mol.